The first-order valence-corrected chi connectivity index (χ1v) is 6.95. The second kappa shape index (κ2) is 5.35. The van der Waals surface area contributed by atoms with Crippen LogP contribution < -0.4 is 10.9 Å². The number of nitrogens with one attached hydrogen (secondary N) is 1. The third-order valence-electron chi connectivity index (χ3n) is 3.93. The maximum Gasteiger partial charge on any atom is 0.514 e. The smallest absolute Gasteiger partial charge is 0.398 e. The van der Waals surface area contributed by atoms with E-state index >= 15 is 0 Å². The molecule has 1 fully saturated rings. The first-order valence-electron chi connectivity index (χ1n) is 6.95. The number of aliphatic hydroxyl groups excluding tert-OH is 1. The molecule has 2 heterocycles. The average Bonchev–Trinajstić information content (AvgIpc) is 2.59. The normalized spacial score (nSPS) is 21.8. The molecule has 1 aromatic heterocycles. The molecule has 20 heavy (non-hydrogen) atoms. The van der Waals surface area contributed by atoms with Crippen molar-refractivity contribution in [2.45, 2.75) is 51.9 Å². The number of aromatic nitrogens is 1. The first kappa shape index (κ1) is 15.3. The number of hydrogen-bond acceptors (Lipinski definition) is 5. The summed E-state index contributed by atoms with van der Waals surface area (Å²) < 4.78 is 11.9. The number of aliphatic hydroxyl groups is 1. The highest BCUT2D eigenvalue weighted by Gasteiger charge is 2.52. The number of rotatable bonds is 4. The Morgan fingerprint density at radius 2 is 1.85 bits per heavy atom. The lowest BCUT2D eigenvalue weighted by atomic mass is 9.84. The van der Waals surface area contributed by atoms with E-state index in [1.54, 1.807) is 0 Å². The monoisotopic (exact) mass is 278 g/mol. The van der Waals surface area contributed by atoms with Crippen LogP contribution in [0.2, 0.25) is 0 Å². The van der Waals surface area contributed by atoms with Gasteiger partial charge in [-0.15, -0.1) is 0 Å². The van der Waals surface area contributed by atoms with E-state index in [0.717, 1.165) is 5.59 Å². The molecule has 1 unspecified atom stereocenters. The largest absolute Gasteiger partial charge is 0.514 e. The summed E-state index contributed by atoms with van der Waals surface area (Å²) in [7, 11) is -0.466. The lowest BCUT2D eigenvalue weighted by molar-refractivity contribution is 0.00578. The molecule has 1 saturated heterocycles. The van der Waals surface area contributed by atoms with E-state index in [4.69, 9.17) is 14.4 Å². The van der Waals surface area contributed by atoms with Crippen LogP contribution in [0.3, 0.4) is 0 Å². The zero-order valence-electron chi connectivity index (χ0n) is 12.8. The van der Waals surface area contributed by atoms with Gasteiger partial charge in [0.15, 0.2) is 0 Å². The van der Waals surface area contributed by atoms with Gasteiger partial charge in [0.25, 0.3) is 0 Å². The number of hydrogen-bond donors (Lipinski definition) is 2. The Kier molecular flexibility index (Phi) is 4.09. The third-order valence-corrected chi connectivity index (χ3v) is 3.93. The minimum Gasteiger partial charge on any atom is -0.398 e. The van der Waals surface area contributed by atoms with E-state index in [1.165, 1.54) is 0 Å². The van der Waals surface area contributed by atoms with Crippen LogP contribution in [0.1, 0.15) is 34.6 Å². The highest BCUT2D eigenvalue weighted by atomic mass is 16.7. The van der Waals surface area contributed by atoms with Gasteiger partial charge in [-0.1, -0.05) is 6.07 Å². The van der Waals surface area contributed by atoms with Gasteiger partial charge in [0, 0.05) is 6.04 Å². The molecule has 0 radical (unpaired) electrons. The average molecular weight is 278 g/mol. The van der Waals surface area contributed by atoms with Gasteiger partial charge in [0.2, 0.25) is 0 Å². The predicted octanol–water partition coefficient (Wildman–Crippen LogP) is 1.17. The SMILES string of the molecule is CC(CO)Nc1cccc(B2OC(C)(C)C(C)(C)O2)n1. The summed E-state index contributed by atoms with van der Waals surface area (Å²) in [6, 6.07) is 5.61. The van der Waals surface area contributed by atoms with Crippen LogP contribution in [0.25, 0.3) is 0 Å². The molecule has 1 aliphatic rings. The standard InChI is InChI=1S/C14H23BN2O3/c1-10(9-18)16-12-8-6-7-11(17-12)15-19-13(2,3)14(4,5)20-15/h6-8,10,18H,9H2,1-5H3,(H,16,17). The molecular formula is C14H23BN2O3. The first-order chi connectivity index (χ1) is 9.25. The number of anilines is 1. The molecule has 6 heteroatoms. The van der Waals surface area contributed by atoms with E-state index in [2.05, 4.69) is 10.3 Å². The molecule has 110 valence electrons. The van der Waals surface area contributed by atoms with Crippen molar-refractivity contribution in [2.24, 2.45) is 0 Å². The molecule has 1 atom stereocenters. The van der Waals surface area contributed by atoms with Gasteiger partial charge in [-0.25, -0.2) is 4.98 Å². The van der Waals surface area contributed by atoms with Crippen LogP contribution in [0, 0.1) is 0 Å². The minimum atomic E-state index is -0.466. The van der Waals surface area contributed by atoms with Crippen LogP contribution in [0.4, 0.5) is 5.82 Å². The molecule has 0 amide bonds. The van der Waals surface area contributed by atoms with E-state index < -0.39 is 7.12 Å². The lowest BCUT2D eigenvalue weighted by Gasteiger charge is -2.32. The lowest BCUT2D eigenvalue weighted by Crippen LogP contribution is -2.41. The van der Waals surface area contributed by atoms with Gasteiger partial charge in [-0.3, -0.25) is 0 Å². The third kappa shape index (κ3) is 2.97. The van der Waals surface area contributed by atoms with Crippen molar-refractivity contribution in [1.82, 2.24) is 4.98 Å². The van der Waals surface area contributed by atoms with Gasteiger partial charge < -0.3 is 19.7 Å². The summed E-state index contributed by atoms with van der Waals surface area (Å²) in [5, 5.41) is 12.2. The zero-order chi connectivity index (χ0) is 15.0. The van der Waals surface area contributed by atoms with Gasteiger partial charge >= 0.3 is 7.12 Å². The van der Waals surface area contributed by atoms with E-state index in [-0.39, 0.29) is 23.9 Å². The van der Waals surface area contributed by atoms with Crippen LogP contribution in [0.5, 0.6) is 0 Å². The summed E-state index contributed by atoms with van der Waals surface area (Å²) in [6.07, 6.45) is 0. The Hall–Kier alpha value is -1.11. The molecular weight excluding hydrogens is 255 g/mol. The molecule has 0 aliphatic carbocycles. The van der Waals surface area contributed by atoms with Crippen molar-refractivity contribution < 1.29 is 14.4 Å². The molecule has 2 rings (SSSR count). The van der Waals surface area contributed by atoms with Crippen LogP contribution in [0.15, 0.2) is 18.2 Å². The molecule has 1 aromatic rings. The fourth-order valence-corrected chi connectivity index (χ4v) is 1.93. The van der Waals surface area contributed by atoms with E-state index in [1.807, 2.05) is 52.8 Å². The Morgan fingerprint density at radius 3 is 2.40 bits per heavy atom. The van der Waals surface area contributed by atoms with Gasteiger partial charge in [-0.2, -0.15) is 0 Å². The zero-order valence-corrected chi connectivity index (χ0v) is 12.8. The second-order valence-corrected chi connectivity index (χ2v) is 6.26. The molecule has 0 bridgehead atoms. The summed E-state index contributed by atoms with van der Waals surface area (Å²) in [5.74, 6) is 0.707. The summed E-state index contributed by atoms with van der Waals surface area (Å²) in [6.45, 7) is 10.0. The van der Waals surface area contributed by atoms with Gasteiger partial charge in [0.1, 0.15) is 5.82 Å². The molecule has 0 saturated carbocycles. The Balaban J connectivity index is 2.17. The topological polar surface area (TPSA) is 63.6 Å². The van der Waals surface area contributed by atoms with Crippen molar-refractivity contribution in [1.29, 1.82) is 0 Å². The van der Waals surface area contributed by atoms with Crippen LogP contribution >= 0.6 is 0 Å². The summed E-state index contributed by atoms with van der Waals surface area (Å²) in [5.41, 5.74) is -0.0127. The Labute approximate surface area is 120 Å². The molecule has 0 spiro atoms. The van der Waals surface area contributed by atoms with Crippen molar-refractivity contribution in [3.63, 3.8) is 0 Å². The minimum absolute atomic E-state index is 0.0453. The molecule has 1 aliphatic heterocycles. The Bertz CT molecular complexity index is 463. The number of nitrogens with zero attached hydrogens (tertiary/aromatic N) is 1. The fourth-order valence-electron chi connectivity index (χ4n) is 1.93. The molecule has 0 aromatic carbocycles. The maximum atomic E-state index is 9.07. The van der Waals surface area contributed by atoms with Crippen molar-refractivity contribution in [3.8, 4) is 0 Å². The van der Waals surface area contributed by atoms with Crippen LogP contribution in [-0.4, -0.2) is 41.1 Å². The quantitative estimate of drug-likeness (QED) is 0.810. The van der Waals surface area contributed by atoms with Gasteiger partial charge in [0.05, 0.1) is 23.4 Å². The summed E-state index contributed by atoms with van der Waals surface area (Å²) >= 11 is 0. The van der Waals surface area contributed by atoms with Crippen LogP contribution in [-0.2, 0) is 9.31 Å². The second-order valence-electron chi connectivity index (χ2n) is 6.26. The van der Waals surface area contributed by atoms with Crippen molar-refractivity contribution >= 4 is 18.5 Å². The van der Waals surface area contributed by atoms with Crippen molar-refractivity contribution in [2.75, 3.05) is 11.9 Å². The van der Waals surface area contributed by atoms with E-state index in [0.29, 0.717) is 5.82 Å². The highest BCUT2D eigenvalue weighted by molar-refractivity contribution is 6.61. The molecule has 2 N–H and O–H groups in total. The molecule has 5 nitrogen and oxygen atoms in total. The highest BCUT2D eigenvalue weighted by Crippen LogP contribution is 2.36. The van der Waals surface area contributed by atoms with Gasteiger partial charge in [-0.05, 0) is 46.8 Å². The number of pyridine rings is 1. The Morgan fingerprint density at radius 1 is 1.25 bits per heavy atom. The van der Waals surface area contributed by atoms with Crippen molar-refractivity contribution in [3.05, 3.63) is 18.2 Å². The summed E-state index contributed by atoms with van der Waals surface area (Å²) in [4.78, 5) is 4.50. The van der Waals surface area contributed by atoms with E-state index in [9.17, 15) is 0 Å². The maximum absolute atomic E-state index is 9.07. The fraction of sp³-hybridized carbons (Fsp3) is 0.643. The predicted molar refractivity (Wildman–Crippen MR) is 80.1 cm³/mol.